The van der Waals surface area contributed by atoms with Crippen LogP contribution in [0.4, 0.5) is 5.69 Å². The SMILES string of the molecule is O=[N+]([O-])c1cccc(-c2nc3ccc(Cl)nc3o2)c1. The zero-order chi connectivity index (χ0) is 13.4. The number of aromatic nitrogens is 2. The molecule has 0 amide bonds. The number of halogens is 1. The third-order valence-corrected chi connectivity index (χ3v) is 2.74. The van der Waals surface area contributed by atoms with Gasteiger partial charge in [-0.15, -0.1) is 0 Å². The lowest BCUT2D eigenvalue weighted by Crippen LogP contribution is -1.87. The van der Waals surface area contributed by atoms with Crippen LogP contribution in [0.25, 0.3) is 22.7 Å². The lowest BCUT2D eigenvalue weighted by atomic mass is 10.2. The average Bonchev–Trinajstić information content (AvgIpc) is 2.81. The van der Waals surface area contributed by atoms with E-state index in [9.17, 15) is 10.1 Å². The van der Waals surface area contributed by atoms with Gasteiger partial charge in [-0.1, -0.05) is 17.7 Å². The Balaban J connectivity index is 2.13. The normalized spacial score (nSPS) is 10.8. The average molecular weight is 276 g/mol. The van der Waals surface area contributed by atoms with E-state index in [1.165, 1.54) is 12.1 Å². The fourth-order valence-electron chi connectivity index (χ4n) is 1.67. The molecule has 0 aliphatic rings. The van der Waals surface area contributed by atoms with Gasteiger partial charge in [0.25, 0.3) is 5.69 Å². The van der Waals surface area contributed by atoms with Gasteiger partial charge in [0, 0.05) is 17.7 Å². The van der Waals surface area contributed by atoms with E-state index < -0.39 is 4.92 Å². The first kappa shape index (κ1) is 11.6. The summed E-state index contributed by atoms with van der Waals surface area (Å²) in [6, 6.07) is 9.33. The molecule has 0 saturated heterocycles. The molecule has 3 rings (SSSR count). The van der Waals surface area contributed by atoms with Gasteiger partial charge < -0.3 is 4.42 Å². The topological polar surface area (TPSA) is 82.1 Å². The molecule has 0 unspecified atom stereocenters. The number of rotatable bonds is 2. The number of hydrogen-bond donors (Lipinski definition) is 0. The Hall–Kier alpha value is -2.47. The van der Waals surface area contributed by atoms with Gasteiger partial charge in [0.2, 0.25) is 11.6 Å². The molecule has 19 heavy (non-hydrogen) atoms. The van der Waals surface area contributed by atoms with Crippen molar-refractivity contribution in [3.05, 3.63) is 51.7 Å². The molecule has 0 fully saturated rings. The van der Waals surface area contributed by atoms with Crippen molar-refractivity contribution >= 4 is 28.5 Å². The summed E-state index contributed by atoms with van der Waals surface area (Å²) in [6.45, 7) is 0. The van der Waals surface area contributed by atoms with Gasteiger partial charge in [-0.2, -0.15) is 4.98 Å². The number of oxazole rings is 1. The molecular formula is C12H6ClN3O3. The molecule has 3 aromatic rings. The van der Waals surface area contributed by atoms with E-state index in [0.717, 1.165) is 0 Å². The van der Waals surface area contributed by atoms with Crippen LogP contribution in [-0.2, 0) is 0 Å². The van der Waals surface area contributed by atoms with Crippen LogP contribution in [0.5, 0.6) is 0 Å². The summed E-state index contributed by atoms with van der Waals surface area (Å²) in [5.41, 5.74) is 1.34. The maximum Gasteiger partial charge on any atom is 0.270 e. The van der Waals surface area contributed by atoms with Crippen LogP contribution in [0.15, 0.2) is 40.8 Å². The Morgan fingerprint density at radius 3 is 2.84 bits per heavy atom. The van der Waals surface area contributed by atoms with Gasteiger partial charge in [-0.05, 0) is 18.2 Å². The van der Waals surface area contributed by atoms with Crippen molar-refractivity contribution in [3.8, 4) is 11.5 Å². The Kier molecular flexibility index (Phi) is 2.64. The van der Waals surface area contributed by atoms with E-state index in [1.54, 1.807) is 24.3 Å². The van der Waals surface area contributed by atoms with Crippen LogP contribution in [0.3, 0.4) is 0 Å². The van der Waals surface area contributed by atoms with E-state index in [2.05, 4.69) is 9.97 Å². The molecule has 0 saturated carbocycles. The molecule has 6 nitrogen and oxygen atoms in total. The number of nitrogens with zero attached hydrogens (tertiary/aromatic N) is 3. The highest BCUT2D eigenvalue weighted by Crippen LogP contribution is 2.26. The lowest BCUT2D eigenvalue weighted by molar-refractivity contribution is -0.384. The minimum absolute atomic E-state index is 0.0225. The maximum atomic E-state index is 10.7. The quantitative estimate of drug-likeness (QED) is 0.406. The summed E-state index contributed by atoms with van der Waals surface area (Å²) in [5, 5.41) is 11.0. The first-order valence-electron chi connectivity index (χ1n) is 5.31. The Morgan fingerprint density at radius 1 is 1.21 bits per heavy atom. The first-order chi connectivity index (χ1) is 9.13. The van der Waals surface area contributed by atoms with Gasteiger partial charge >= 0.3 is 0 Å². The standard InChI is InChI=1S/C12H6ClN3O3/c13-10-5-4-9-12(15-10)19-11(14-9)7-2-1-3-8(6-7)16(17)18/h1-6H. The summed E-state index contributed by atoms with van der Waals surface area (Å²) in [6.07, 6.45) is 0. The van der Waals surface area contributed by atoms with Gasteiger partial charge in [-0.3, -0.25) is 10.1 Å². The van der Waals surface area contributed by atoms with Crippen molar-refractivity contribution in [1.82, 2.24) is 9.97 Å². The van der Waals surface area contributed by atoms with Gasteiger partial charge in [-0.25, -0.2) is 4.98 Å². The third kappa shape index (κ3) is 2.13. The highest BCUT2D eigenvalue weighted by molar-refractivity contribution is 6.29. The predicted molar refractivity (Wildman–Crippen MR) is 68.9 cm³/mol. The van der Waals surface area contributed by atoms with E-state index in [-0.39, 0.29) is 11.6 Å². The smallest absolute Gasteiger partial charge is 0.270 e. The second kappa shape index (κ2) is 4.33. The van der Waals surface area contributed by atoms with Gasteiger partial charge in [0.05, 0.1) is 4.92 Å². The zero-order valence-corrected chi connectivity index (χ0v) is 10.2. The fourth-order valence-corrected chi connectivity index (χ4v) is 1.81. The maximum absolute atomic E-state index is 10.7. The summed E-state index contributed by atoms with van der Waals surface area (Å²) in [7, 11) is 0. The molecule has 1 aromatic carbocycles. The Morgan fingerprint density at radius 2 is 2.05 bits per heavy atom. The molecule has 7 heteroatoms. The molecule has 0 radical (unpaired) electrons. The van der Waals surface area contributed by atoms with Crippen LogP contribution < -0.4 is 0 Å². The Bertz CT molecular complexity index is 785. The number of non-ortho nitro benzene ring substituents is 1. The van der Waals surface area contributed by atoms with Crippen molar-refractivity contribution in [1.29, 1.82) is 0 Å². The van der Waals surface area contributed by atoms with Gasteiger partial charge in [0.15, 0.2) is 0 Å². The first-order valence-corrected chi connectivity index (χ1v) is 5.69. The number of nitro benzene ring substituents is 1. The second-order valence-electron chi connectivity index (χ2n) is 3.78. The van der Waals surface area contributed by atoms with Crippen molar-refractivity contribution < 1.29 is 9.34 Å². The van der Waals surface area contributed by atoms with Crippen LogP contribution in [0, 0.1) is 10.1 Å². The van der Waals surface area contributed by atoms with Gasteiger partial charge in [0.1, 0.15) is 10.7 Å². The van der Waals surface area contributed by atoms with Crippen LogP contribution in [0.2, 0.25) is 5.15 Å². The number of benzene rings is 1. The van der Waals surface area contributed by atoms with E-state index >= 15 is 0 Å². The van der Waals surface area contributed by atoms with Crippen molar-refractivity contribution in [3.63, 3.8) is 0 Å². The Labute approximate surface area is 111 Å². The molecular weight excluding hydrogens is 270 g/mol. The van der Waals surface area contributed by atoms with E-state index in [4.69, 9.17) is 16.0 Å². The summed E-state index contributed by atoms with van der Waals surface area (Å²) in [4.78, 5) is 18.5. The summed E-state index contributed by atoms with van der Waals surface area (Å²) >= 11 is 5.75. The second-order valence-corrected chi connectivity index (χ2v) is 4.17. The van der Waals surface area contributed by atoms with Crippen molar-refractivity contribution in [2.45, 2.75) is 0 Å². The van der Waals surface area contributed by atoms with Crippen molar-refractivity contribution in [2.24, 2.45) is 0 Å². The van der Waals surface area contributed by atoms with Crippen molar-refractivity contribution in [2.75, 3.05) is 0 Å². The monoisotopic (exact) mass is 275 g/mol. The van der Waals surface area contributed by atoms with E-state index in [1.807, 2.05) is 0 Å². The highest BCUT2D eigenvalue weighted by Gasteiger charge is 2.13. The molecule has 2 heterocycles. The fraction of sp³-hybridized carbons (Fsp3) is 0. The van der Waals surface area contributed by atoms with Crippen LogP contribution in [0.1, 0.15) is 0 Å². The molecule has 0 aliphatic carbocycles. The lowest BCUT2D eigenvalue weighted by Gasteiger charge is -1.94. The molecule has 0 atom stereocenters. The molecule has 94 valence electrons. The van der Waals surface area contributed by atoms with Crippen LogP contribution >= 0.6 is 11.6 Å². The third-order valence-electron chi connectivity index (χ3n) is 2.53. The zero-order valence-electron chi connectivity index (χ0n) is 9.41. The molecule has 0 N–H and O–H groups in total. The van der Waals surface area contributed by atoms with E-state index in [0.29, 0.717) is 21.9 Å². The number of pyridine rings is 1. The number of hydrogen-bond acceptors (Lipinski definition) is 5. The molecule has 2 aromatic heterocycles. The minimum Gasteiger partial charge on any atom is -0.418 e. The number of nitro groups is 1. The largest absolute Gasteiger partial charge is 0.418 e. The predicted octanol–water partition coefficient (Wildman–Crippen LogP) is 3.45. The summed E-state index contributed by atoms with van der Waals surface area (Å²) < 4.78 is 5.44. The van der Waals surface area contributed by atoms with Crippen LogP contribution in [-0.4, -0.2) is 14.9 Å². The summed E-state index contributed by atoms with van der Waals surface area (Å²) in [5.74, 6) is 0.272. The highest BCUT2D eigenvalue weighted by atomic mass is 35.5. The molecule has 0 bridgehead atoms. The number of fused-ring (bicyclic) bond motifs is 1. The minimum atomic E-state index is -0.471. The molecule has 0 spiro atoms. The molecule has 0 aliphatic heterocycles.